The normalized spacial score (nSPS) is 11.1. The lowest BCUT2D eigenvalue weighted by molar-refractivity contribution is 1.27. The second-order valence-corrected chi connectivity index (χ2v) is 4.68. The van der Waals surface area contributed by atoms with Gasteiger partial charge in [-0.25, -0.2) is 0 Å². The molecule has 1 rings (SSSR count). The van der Waals surface area contributed by atoms with Gasteiger partial charge in [-0.1, -0.05) is 62.9 Å². The molecule has 1 aromatic rings. The molecule has 0 saturated heterocycles. The lowest BCUT2D eigenvalue weighted by Gasteiger charge is -2.01. The van der Waals surface area contributed by atoms with Crippen LogP contribution < -0.4 is 0 Å². The van der Waals surface area contributed by atoms with Crippen LogP contribution in [0.3, 0.4) is 0 Å². The van der Waals surface area contributed by atoms with Crippen molar-refractivity contribution in [3.8, 4) is 0 Å². The van der Waals surface area contributed by atoms with E-state index in [1.54, 1.807) is 12.1 Å². The Bertz CT molecular complexity index is 347. The van der Waals surface area contributed by atoms with Gasteiger partial charge in [-0.3, -0.25) is 0 Å². The molecule has 14 heavy (non-hydrogen) atoms. The average molecular weight is 314 g/mol. The van der Waals surface area contributed by atoms with Crippen molar-refractivity contribution < 1.29 is 0 Å². The van der Waals surface area contributed by atoms with Gasteiger partial charge in [0.25, 0.3) is 0 Å². The van der Waals surface area contributed by atoms with Crippen molar-refractivity contribution >= 4 is 56.8 Å². The number of rotatable bonds is 3. The fourth-order valence-corrected chi connectivity index (χ4v) is 1.82. The Hall–Kier alpha value is 0.310. The topological polar surface area (TPSA) is 0 Å². The van der Waals surface area contributed by atoms with Gasteiger partial charge < -0.3 is 0 Å². The van der Waals surface area contributed by atoms with Gasteiger partial charge in [-0.05, 0) is 24.1 Å². The van der Waals surface area contributed by atoms with Crippen LogP contribution in [0.15, 0.2) is 18.2 Å². The summed E-state index contributed by atoms with van der Waals surface area (Å²) in [5.74, 6) is 0. The summed E-state index contributed by atoms with van der Waals surface area (Å²) in [6.45, 7) is 0. The molecule has 0 heterocycles. The summed E-state index contributed by atoms with van der Waals surface area (Å²) in [7, 11) is 0. The molecule has 0 aromatic heterocycles. The van der Waals surface area contributed by atoms with E-state index in [1.807, 2.05) is 12.2 Å². The smallest absolute Gasteiger partial charge is 0.0607 e. The van der Waals surface area contributed by atoms with E-state index < -0.39 is 0 Å². The van der Waals surface area contributed by atoms with Gasteiger partial charge >= 0.3 is 0 Å². The van der Waals surface area contributed by atoms with E-state index in [9.17, 15) is 0 Å². The van der Waals surface area contributed by atoms with Crippen molar-refractivity contribution in [3.05, 3.63) is 38.8 Å². The average Bonchev–Trinajstić information content (AvgIpc) is 2.14. The van der Waals surface area contributed by atoms with E-state index in [1.165, 1.54) is 0 Å². The summed E-state index contributed by atoms with van der Waals surface area (Å²) < 4.78 is 0. The Morgan fingerprint density at radius 2 is 1.71 bits per heavy atom. The van der Waals surface area contributed by atoms with Crippen molar-refractivity contribution in [2.45, 2.75) is 6.42 Å². The molecule has 0 radical (unpaired) electrons. The SMILES string of the molecule is Clc1cc(Cl)c(C=CCCBr)cc1Cl. The predicted octanol–water partition coefficient (Wildman–Crippen LogP) is 5.45. The minimum atomic E-state index is 0.481. The van der Waals surface area contributed by atoms with E-state index in [4.69, 9.17) is 34.8 Å². The van der Waals surface area contributed by atoms with Crippen LogP contribution in [0.2, 0.25) is 15.1 Å². The fraction of sp³-hybridized carbons (Fsp3) is 0.200. The van der Waals surface area contributed by atoms with Gasteiger partial charge in [0.1, 0.15) is 0 Å². The maximum Gasteiger partial charge on any atom is 0.0607 e. The Balaban J connectivity index is 2.92. The van der Waals surface area contributed by atoms with Gasteiger partial charge in [-0.15, -0.1) is 0 Å². The summed E-state index contributed by atoms with van der Waals surface area (Å²) in [6.07, 6.45) is 4.92. The molecule has 0 aliphatic heterocycles. The molecule has 0 saturated carbocycles. The van der Waals surface area contributed by atoms with Crippen LogP contribution in [0.4, 0.5) is 0 Å². The molecule has 0 bridgehead atoms. The third kappa shape index (κ3) is 3.47. The summed E-state index contributed by atoms with van der Waals surface area (Å²) in [5, 5.41) is 2.55. The van der Waals surface area contributed by atoms with Crippen LogP contribution in [0.25, 0.3) is 6.08 Å². The number of alkyl halides is 1. The standard InChI is InChI=1S/C10H8BrCl3/c11-4-2-1-3-7-5-9(13)10(14)6-8(7)12/h1,3,5-6H,2,4H2. The maximum absolute atomic E-state index is 5.97. The molecule has 0 aliphatic carbocycles. The summed E-state index contributed by atoms with van der Waals surface area (Å²) in [4.78, 5) is 0. The van der Waals surface area contributed by atoms with Crippen molar-refractivity contribution in [2.24, 2.45) is 0 Å². The van der Waals surface area contributed by atoms with Gasteiger partial charge in [0.05, 0.1) is 10.0 Å². The second-order valence-electron chi connectivity index (χ2n) is 2.67. The van der Waals surface area contributed by atoms with Crippen LogP contribution >= 0.6 is 50.7 Å². The highest BCUT2D eigenvalue weighted by Gasteiger charge is 2.02. The van der Waals surface area contributed by atoms with Gasteiger partial charge in [-0.2, -0.15) is 0 Å². The highest BCUT2D eigenvalue weighted by molar-refractivity contribution is 9.09. The summed E-state index contributed by atoms with van der Waals surface area (Å²) in [6, 6.07) is 3.41. The Kier molecular flexibility index (Phi) is 5.32. The number of allylic oxidation sites excluding steroid dienone is 1. The maximum atomic E-state index is 5.97. The Morgan fingerprint density at radius 1 is 1.07 bits per heavy atom. The first-order chi connectivity index (χ1) is 6.65. The molecule has 0 spiro atoms. The third-order valence-electron chi connectivity index (χ3n) is 1.61. The molecule has 0 fully saturated rings. The lowest BCUT2D eigenvalue weighted by atomic mass is 10.2. The van der Waals surface area contributed by atoms with E-state index in [2.05, 4.69) is 15.9 Å². The Morgan fingerprint density at radius 3 is 2.36 bits per heavy atom. The van der Waals surface area contributed by atoms with Crippen LogP contribution in [0, 0.1) is 0 Å². The Labute approximate surface area is 107 Å². The van der Waals surface area contributed by atoms with Crippen LogP contribution in [-0.4, -0.2) is 5.33 Å². The van der Waals surface area contributed by atoms with Crippen molar-refractivity contribution in [1.82, 2.24) is 0 Å². The molecule has 1 aromatic carbocycles. The predicted molar refractivity (Wildman–Crippen MR) is 68.9 cm³/mol. The van der Waals surface area contributed by atoms with E-state index in [0.29, 0.717) is 15.1 Å². The van der Waals surface area contributed by atoms with Gasteiger partial charge in [0, 0.05) is 10.4 Å². The monoisotopic (exact) mass is 312 g/mol. The fourth-order valence-electron chi connectivity index (χ4n) is 0.939. The first kappa shape index (κ1) is 12.4. The van der Waals surface area contributed by atoms with Crippen LogP contribution in [-0.2, 0) is 0 Å². The minimum absolute atomic E-state index is 0.481. The molecule has 0 aliphatic rings. The molecule has 0 amide bonds. The van der Waals surface area contributed by atoms with Gasteiger partial charge in [0.15, 0.2) is 0 Å². The molecule has 0 nitrogen and oxygen atoms in total. The second kappa shape index (κ2) is 6.02. The number of halogens is 4. The molecule has 0 N–H and O–H groups in total. The zero-order chi connectivity index (χ0) is 10.6. The first-order valence-corrected chi connectivity index (χ1v) is 6.27. The van der Waals surface area contributed by atoms with Crippen molar-refractivity contribution in [1.29, 1.82) is 0 Å². The molecule has 4 heteroatoms. The molecule has 0 unspecified atom stereocenters. The zero-order valence-corrected chi connectivity index (χ0v) is 11.1. The van der Waals surface area contributed by atoms with Gasteiger partial charge in [0.2, 0.25) is 0 Å². The largest absolute Gasteiger partial charge is 0.0925 e. The lowest BCUT2D eigenvalue weighted by Crippen LogP contribution is -1.77. The van der Waals surface area contributed by atoms with E-state index in [0.717, 1.165) is 17.3 Å². The minimum Gasteiger partial charge on any atom is -0.0925 e. The highest BCUT2D eigenvalue weighted by Crippen LogP contribution is 2.29. The third-order valence-corrected chi connectivity index (χ3v) is 3.12. The van der Waals surface area contributed by atoms with Crippen molar-refractivity contribution in [2.75, 3.05) is 5.33 Å². The molecular formula is C10H8BrCl3. The first-order valence-electron chi connectivity index (χ1n) is 4.02. The highest BCUT2D eigenvalue weighted by atomic mass is 79.9. The quantitative estimate of drug-likeness (QED) is 0.514. The van der Waals surface area contributed by atoms with Crippen LogP contribution in [0.5, 0.6) is 0 Å². The molecular weight excluding hydrogens is 306 g/mol. The number of hydrogen-bond donors (Lipinski definition) is 0. The van der Waals surface area contributed by atoms with Crippen molar-refractivity contribution in [3.63, 3.8) is 0 Å². The number of hydrogen-bond acceptors (Lipinski definition) is 0. The van der Waals surface area contributed by atoms with E-state index in [-0.39, 0.29) is 0 Å². The zero-order valence-electron chi connectivity index (χ0n) is 7.24. The van der Waals surface area contributed by atoms with Crippen LogP contribution in [0.1, 0.15) is 12.0 Å². The van der Waals surface area contributed by atoms with E-state index >= 15 is 0 Å². The number of benzene rings is 1. The summed E-state index contributed by atoms with van der Waals surface area (Å²) >= 11 is 21.0. The molecule has 76 valence electrons. The summed E-state index contributed by atoms with van der Waals surface area (Å²) in [5.41, 5.74) is 0.891. The molecule has 0 atom stereocenters.